The van der Waals surface area contributed by atoms with Crippen molar-refractivity contribution in [3.8, 4) is 5.69 Å². The summed E-state index contributed by atoms with van der Waals surface area (Å²) in [7, 11) is 5.34. The van der Waals surface area contributed by atoms with Crippen LogP contribution < -0.4 is 10.5 Å². The number of carbonyl (C=O) groups excluding carboxylic acids is 1. The summed E-state index contributed by atoms with van der Waals surface area (Å²) in [5.41, 5.74) is 2.75. The van der Waals surface area contributed by atoms with Crippen LogP contribution in [-0.2, 0) is 11.3 Å². The lowest BCUT2D eigenvalue weighted by Crippen LogP contribution is -2.37. The molecular formula is C24H28N4O3. The second kappa shape index (κ2) is 10.0. The number of nitrogens with zero attached hydrogens (tertiary/aromatic N) is 4. The van der Waals surface area contributed by atoms with Gasteiger partial charge in [0.15, 0.2) is 5.82 Å². The van der Waals surface area contributed by atoms with E-state index in [1.165, 1.54) is 11.7 Å². The van der Waals surface area contributed by atoms with E-state index in [-0.39, 0.29) is 5.56 Å². The number of benzene rings is 2. The van der Waals surface area contributed by atoms with E-state index in [1.807, 2.05) is 62.3 Å². The van der Waals surface area contributed by atoms with Gasteiger partial charge in [0.25, 0.3) is 5.56 Å². The lowest BCUT2D eigenvalue weighted by Gasteiger charge is -2.25. The molecule has 0 unspecified atom stereocenters. The van der Waals surface area contributed by atoms with E-state index in [0.717, 1.165) is 17.7 Å². The number of esters is 1. The number of rotatable bonds is 8. The van der Waals surface area contributed by atoms with Crippen molar-refractivity contribution < 1.29 is 9.53 Å². The molecule has 0 saturated heterocycles. The van der Waals surface area contributed by atoms with Gasteiger partial charge >= 0.3 is 5.97 Å². The topological polar surface area (TPSA) is 67.7 Å². The van der Waals surface area contributed by atoms with Crippen molar-refractivity contribution >= 4 is 11.8 Å². The van der Waals surface area contributed by atoms with E-state index in [1.54, 1.807) is 24.5 Å². The van der Waals surface area contributed by atoms with Gasteiger partial charge in [-0.3, -0.25) is 9.36 Å². The van der Waals surface area contributed by atoms with Crippen LogP contribution in [0, 0.1) is 6.92 Å². The molecule has 0 aliphatic heterocycles. The Balaban J connectivity index is 2.04. The first-order valence-corrected chi connectivity index (χ1v) is 10.1. The zero-order chi connectivity index (χ0) is 22.4. The average molecular weight is 421 g/mol. The Morgan fingerprint density at radius 2 is 1.84 bits per heavy atom. The van der Waals surface area contributed by atoms with Crippen molar-refractivity contribution in [2.45, 2.75) is 13.5 Å². The standard InChI is InChI=1S/C24H28N4O3/c1-18-10-11-20(24(30)31-4)16-21(18)28-13-12-25-22(23(28)29)27(15-14-26(2)3)17-19-8-6-5-7-9-19/h5-13,16H,14-15,17H2,1-4H3. The van der Waals surface area contributed by atoms with Gasteiger partial charge in [-0.2, -0.15) is 0 Å². The van der Waals surface area contributed by atoms with Crippen LogP contribution >= 0.6 is 0 Å². The van der Waals surface area contributed by atoms with Gasteiger partial charge < -0.3 is 14.5 Å². The molecule has 0 bridgehead atoms. The molecule has 0 radical (unpaired) electrons. The fraction of sp³-hybridized carbons (Fsp3) is 0.292. The summed E-state index contributed by atoms with van der Waals surface area (Å²) < 4.78 is 6.37. The van der Waals surface area contributed by atoms with E-state index >= 15 is 0 Å². The molecule has 7 heteroatoms. The number of hydrogen-bond donors (Lipinski definition) is 0. The van der Waals surface area contributed by atoms with Gasteiger partial charge in [-0.25, -0.2) is 9.78 Å². The normalized spacial score (nSPS) is 10.9. The number of carbonyl (C=O) groups is 1. The zero-order valence-corrected chi connectivity index (χ0v) is 18.4. The van der Waals surface area contributed by atoms with Crippen molar-refractivity contribution in [2.75, 3.05) is 39.2 Å². The highest BCUT2D eigenvalue weighted by atomic mass is 16.5. The first-order valence-electron chi connectivity index (χ1n) is 10.1. The number of aromatic nitrogens is 2. The highest BCUT2D eigenvalue weighted by molar-refractivity contribution is 5.90. The highest BCUT2D eigenvalue weighted by Crippen LogP contribution is 2.17. The van der Waals surface area contributed by atoms with Crippen LogP contribution in [0.2, 0.25) is 0 Å². The minimum absolute atomic E-state index is 0.234. The van der Waals surface area contributed by atoms with Gasteiger partial charge in [0, 0.05) is 32.0 Å². The molecule has 3 aromatic rings. The average Bonchev–Trinajstić information content (AvgIpc) is 2.77. The summed E-state index contributed by atoms with van der Waals surface area (Å²) >= 11 is 0. The summed E-state index contributed by atoms with van der Waals surface area (Å²) in [6, 6.07) is 15.2. The highest BCUT2D eigenvalue weighted by Gasteiger charge is 2.17. The van der Waals surface area contributed by atoms with Crippen molar-refractivity contribution in [1.29, 1.82) is 0 Å². The SMILES string of the molecule is COC(=O)c1ccc(C)c(-n2ccnc(N(CCN(C)C)Cc3ccccc3)c2=O)c1. The Morgan fingerprint density at radius 3 is 2.52 bits per heavy atom. The van der Waals surface area contributed by atoms with Crippen molar-refractivity contribution in [1.82, 2.24) is 14.5 Å². The maximum atomic E-state index is 13.5. The lowest BCUT2D eigenvalue weighted by atomic mass is 10.1. The van der Waals surface area contributed by atoms with E-state index in [9.17, 15) is 9.59 Å². The Hall–Kier alpha value is -3.45. The molecule has 1 heterocycles. The van der Waals surface area contributed by atoms with Crippen molar-refractivity contribution in [3.05, 3.63) is 88.0 Å². The van der Waals surface area contributed by atoms with Gasteiger partial charge in [0.1, 0.15) is 0 Å². The Morgan fingerprint density at radius 1 is 1.10 bits per heavy atom. The second-order valence-corrected chi connectivity index (χ2v) is 7.63. The molecule has 7 nitrogen and oxygen atoms in total. The van der Waals surface area contributed by atoms with Gasteiger partial charge in [-0.05, 0) is 44.3 Å². The maximum Gasteiger partial charge on any atom is 0.337 e. The molecule has 0 saturated carbocycles. The molecule has 0 N–H and O–H groups in total. The molecular weight excluding hydrogens is 392 g/mol. The molecule has 0 spiro atoms. The first-order chi connectivity index (χ1) is 14.9. The molecule has 0 atom stereocenters. The quantitative estimate of drug-likeness (QED) is 0.522. The number of likely N-dealkylation sites (N-methyl/N-ethyl adjacent to an activating group) is 1. The van der Waals surface area contributed by atoms with Crippen LogP contribution in [-0.4, -0.2) is 54.7 Å². The van der Waals surface area contributed by atoms with E-state index in [2.05, 4.69) is 9.88 Å². The fourth-order valence-corrected chi connectivity index (χ4v) is 3.31. The van der Waals surface area contributed by atoms with Crippen LogP contribution in [0.4, 0.5) is 5.82 Å². The third-order valence-corrected chi connectivity index (χ3v) is 5.05. The van der Waals surface area contributed by atoms with Crippen LogP contribution in [0.15, 0.2) is 65.7 Å². The number of anilines is 1. The Labute approximate surface area is 182 Å². The van der Waals surface area contributed by atoms with E-state index in [0.29, 0.717) is 30.2 Å². The molecule has 0 aliphatic carbocycles. The lowest BCUT2D eigenvalue weighted by molar-refractivity contribution is 0.0600. The molecule has 3 rings (SSSR count). The Bertz CT molecular complexity index is 1090. The van der Waals surface area contributed by atoms with E-state index in [4.69, 9.17) is 4.74 Å². The number of ether oxygens (including phenoxy) is 1. The molecule has 0 fully saturated rings. The summed E-state index contributed by atoms with van der Waals surface area (Å²) in [5, 5.41) is 0. The molecule has 0 aliphatic rings. The van der Waals surface area contributed by atoms with Crippen LogP contribution in [0.25, 0.3) is 5.69 Å². The number of hydrogen-bond acceptors (Lipinski definition) is 6. The summed E-state index contributed by atoms with van der Waals surface area (Å²) in [4.78, 5) is 34.0. The third-order valence-electron chi connectivity index (χ3n) is 5.05. The minimum Gasteiger partial charge on any atom is -0.465 e. The van der Waals surface area contributed by atoms with Gasteiger partial charge in [-0.1, -0.05) is 36.4 Å². The van der Waals surface area contributed by atoms with Crippen molar-refractivity contribution in [2.24, 2.45) is 0 Å². The maximum absolute atomic E-state index is 13.5. The number of aryl methyl sites for hydroxylation is 1. The molecule has 162 valence electrons. The smallest absolute Gasteiger partial charge is 0.337 e. The summed E-state index contributed by atoms with van der Waals surface area (Å²) in [6.07, 6.45) is 3.25. The predicted molar refractivity (Wildman–Crippen MR) is 122 cm³/mol. The van der Waals surface area contributed by atoms with Crippen LogP contribution in [0.5, 0.6) is 0 Å². The predicted octanol–water partition coefficient (Wildman–Crippen LogP) is 2.90. The summed E-state index contributed by atoms with van der Waals surface area (Å²) in [6.45, 7) is 3.90. The molecule has 0 amide bonds. The van der Waals surface area contributed by atoms with E-state index < -0.39 is 5.97 Å². The molecule has 1 aromatic heterocycles. The third kappa shape index (κ3) is 5.38. The van der Waals surface area contributed by atoms with Gasteiger partial charge in [0.05, 0.1) is 18.4 Å². The van der Waals surface area contributed by atoms with Gasteiger partial charge in [0.2, 0.25) is 0 Å². The van der Waals surface area contributed by atoms with Crippen molar-refractivity contribution in [3.63, 3.8) is 0 Å². The largest absolute Gasteiger partial charge is 0.465 e. The Kier molecular flexibility index (Phi) is 7.20. The monoisotopic (exact) mass is 420 g/mol. The number of methoxy groups -OCH3 is 1. The zero-order valence-electron chi connectivity index (χ0n) is 18.4. The molecule has 31 heavy (non-hydrogen) atoms. The van der Waals surface area contributed by atoms with Crippen LogP contribution in [0.3, 0.4) is 0 Å². The first kappa shape index (κ1) is 22.2. The minimum atomic E-state index is -0.444. The van der Waals surface area contributed by atoms with Gasteiger partial charge in [-0.15, -0.1) is 0 Å². The van der Waals surface area contributed by atoms with Crippen LogP contribution in [0.1, 0.15) is 21.5 Å². The second-order valence-electron chi connectivity index (χ2n) is 7.63. The molecule has 2 aromatic carbocycles. The fourth-order valence-electron chi connectivity index (χ4n) is 3.31. The summed E-state index contributed by atoms with van der Waals surface area (Å²) in [5.74, 6) is -0.0728.